The van der Waals surface area contributed by atoms with Crippen molar-refractivity contribution in [2.45, 2.75) is 0 Å². The molecule has 6 heteroatoms. The van der Waals surface area contributed by atoms with Crippen molar-refractivity contribution in [2.75, 3.05) is 0 Å². The SMILES string of the molecule is OB(O)OCl.[Ca+2].[H-].[H-]. The van der Waals surface area contributed by atoms with E-state index in [0.29, 0.717) is 0 Å². The van der Waals surface area contributed by atoms with Gasteiger partial charge in [-0.1, -0.05) is 0 Å². The molecule has 6 heavy (non-hydrogen) atoms. The van der Waals surface area contributed by atoms with Gasteiger partial charge in [0.05, 0.1) is 0 Å². The fourth-order valence-corrected chi connectivity index (χ4v) is 0. The van der Waals surface area contributed by atoms with Gasteiger partial charge >= 0.3 is 45.1 Å². The van der Waals surface area contributed by atoms with E-state index < -0.39 is 7.32 Å². The Morgan fingerprint density at radius 2 is 1.83 bits per heavy atom. The molecule has 0 radical (unpaired) electrons. The Hall–Kier alpha value is 1.49. The van der Waals surface area contributed by atoms with Gasteiger partial charge in [0.1, 0.15) is 0 Å². The van der Waals surface area contributed by atoms with Crippen LogP contribution >= 0.6 is 11.9 Å². The van der Waals surface area contributed by atoms with Crippen LogP contribution in [0.2, 0.25) is 0 Å². The molecule has 2 N–H and O–H groups in total. The van der Waals surface area contributed by atoms with Crippen LogP contribution in [0.25, 0.3) is 0 Å². The number of halogens is 1. The molecule has 0 aromatic rings. The molecular formula is H4BCaClO3. The summed E-state index contributed by atoms with van der Waals surface area (Å²) in [7, 11) is -1.85. The van der Waals surface area contributed by atoms with E-state index in [1.165, 1.54) is 0 Å². The molecule has 0 aromatic carbocycles. The van der Waals surface area contributed by atoms with E-state index in [2.05, 4.69) is 16.1 Å². The summed E-state index contributed by atoms with van der Waals surface area (Å²) < 4.78 is 3.33. The Labute approximate surface area is 73.6 Å². The van der Waals surface area contributed by atoms with Crippen molar-refractivity contribution in [3.63, 3.8) is 0 Å². The molecule has 0 rings (SSSR count). The molecule has 0 aliphatic carbocycles. The fraction of sp³-hybridized carbons (Fsp3) is 0. The molecule has 0 heterocycles. The average molecular weight is 138 g/mol. The van der Waals surface area contributed by atoms with Crippen molar-refractivity contribution in [1.82, 2.24) is 0 Å². The average Bonchev–Trinajstić information content (AvgIpc) is 1.38. The van der Waals surface area contributed by atoms with E-state index in [9.17, 15) is 0 Å². The molecule has 0 unspecified atom stereocenters. The third-order valence-corrected chi connectivity index (χ3v) is 0.239. The number of hydrogen-bond acceptors (Lipinski definition) is 3. The van der Waals surface area contributed by atoms with Gasteiger partial charge in [-0.2, -0.15) is 0 Å². The normalized spacial score (nSPS) is 6.50. The van der Waals surface area contributed by atoms with Crippen LogP contribution in [0.4, 0.5) is 0 Å². The molecule has 0 amide bonds. The molecule has 0 saturated heterocycles. The zero-order chi connectivity index (χ0) is 4.28. The summed E-state index contributed by atoms with van der Waals surface area (Å²) >= 11 is 4.34. The first-order valence-electron chi connectivity index (χ1n) is 0.906. The first-order chi connectivity index (χ1) is 2.27. The van der Waals surface area contributed by atoms with Crippen molar-refractivity contribution in [3.8, 4) is 0 Å². The molecule has 0 spiro atoms. The third-order valence-electron chi connectivity index (χ3n) is 0.0797. The van der Waals surface area contributed by atoms with Crippen molar-refractivity contribution >= 4 is 56.9 Å². The van der Waals surface area contributed by atoms with E-state index in [0.717, 1.165) is 0 Å². The van der Waals surface area contributed by atoms with E-state index in [1.807, 2.05) is 0 Å². The van der Waals surface area contributed by atoms with Crippen LogP contribution < -0.4 is 0 Å². The third kappa shape index (κ3) is 9.09. The summed E-state index contributed by atoms with van der Waals surface area (Å²) in [5.74, 6) is 0. The summed E-state index contributed by atoms with van der Waals surface area (Å²) in [6, 6.07) is 0. The second kappa shape index (κ2) is 6.49. The minimum atomic E-state index is -1.85. The molecule has 3 nitrogen and oxygen atoms in total. The second-order valence-electron chi connectivity index (χ2n) is 0.415. The van der Waals surface area contributed by atoms with E-state index in [1.54, 1.807) is 0 Å². The standard InChI is InChI=1S/BClH2O3.Ca.2H/c2-5-1(3)4;;;/h3-4H;;;/q;+2;2*-1. The van der Waals surface area contributed by atoms with Gasteiger partial charge in [0, 0.05) is 11.9 Å². The largest absolute Gasteiger partial charge is 2.00 e. The summed E-state index contributed by atoms with van der Waals surface area (Å²) in [6.45, 7) is 0. The minimum absolute atomic E-state index is 0. The maximum atomic E-state index is 7.56. The van der Waals surface area contributed by atoms with Crippen LogP contribution in [-0.2, 0) is 4.21 Å². The quantitative estimate of drug-likeness (QED) is 0.456. The van der Waals surface area contributed by atoms with E-state index >= 15 is 0 Å². The Balaban J connectivity index is -0.0000000267. The van der Waals surface area contributed by atoms with Gasteiger partial charge < -0.3 is 12.9 Å². The Bertz CT molecular complexity index is 31.2. The Kier molecular flexibility index (Phi) is 11.3. The molecular weight excluding hydrogens is 134 g/mol. The van der Waals surface area contributed by atoms with Gasteiger partial charge in [0.2, 0.25) is 0 Å². The van der Waals surface area contributed by atoms with E-state index in [4.69, 9.17) is 10.0 Å². The van der Waals surface area contributed by atoms with Crippen LogP contribution in [0.3, 0.4) is 0 Å². The topological polar surface area (TPSA) is 49.7 Å². The summed E-state index contributed by atoms with van der Waals surface area (Å²) in [5.41, 5.74) is 0. The van der Waals surface area contributed by atoms with Crippen LogP contribution in [0.15, 0.2) is 0 Å². The summed E-state index contributed by atoms with van der Waals surface area (Å²) in [6.07, 6.45) is 0. The first kappa shape index (κ1) is 10.5. The van der Waals surface area contributed by atoms with Gasteiger partial charge in [0.25, 0.3) is 0 Å². The fourth-order valence-electron chi connectivity index (χ4n) is 0. The number of rotatable bonds is 1. The number of hydrogen-bond donors (Lipinski definition) is 2. The zero-order valence-electron chi connectivity index (χ0n) is 4.97. The van der Waals surface area contributed by atoms with Crippen molar-refractivity contribution in [3.05, 3.63) is 0 Å². The minimum Gasteiger partial charge on any atom is -1.00 e. The van der Waals surface area contributed by atoms with Crippen LogP contribution in [0.1, 0.15) is 2.85 Å². The molecule has 0 aliphatic heterocycles. The summed E-state index contributed by atoms with van der Waals surface area (Å²) in [5, 5.41) is 15.1. The van der Waals surface area contributed by atoms with Crippen molar-refractivity contribution in [2.24, 2.45) is 0 Å². The molecule has 0 saturated carbocycles. The van der Waals surface area contributed by atoms with Gasteiger partial charge in [-0.15, -0.1) is 0 Å². The molecule has 0 aliphatic rings. The maximum absolute atomic E-state index is 7.56. The van der Waals surface area contributed by atoms with Crippen LogP contribution in [0, 0.1) is 0 Å². The smallest absolute Gasteiger partial charge is 1.00 e. The van der Waals surface area contributed by atoms with Crippen LogP contribution in [0.5, 0.6) is 0 Å². The molecule has 34 valence electrons. The second-order valence-corrected chi connectivity index (χ2v) is 0.594. The maximum Gasteiger partial charge on any atom is 2.00 e. The predicted octanol–water partition coefficient (Wildman–Crippen LogP) is -1.03. The van der Waals surface area contributed by atoms with Gasteiger partial charge in [-0.25, -0.2) is 0 Å². The summed E-state index contributed by atoms with van der Waals surface area (Å²) in [4.78, 5) is 0. The Morgan fingerprint density at radius 1 is 1.67 bits per heavy atom. The van der Waals surface area contributed by atoms with Crippen LogP contribution in [-0.4, -0.2) is 55.1 Å². The van der Waals surface area contributed by atoms with Gasteiger partial charge in [-0.3, -0.25) is 4.21 Å². The molecule has 0 aromatic heterocycles. The molecule has 0 fully saturated rings. The molecule has 0 bridgehead atoms. The molecule has 0 atom stereocenters. The van der Waals surface area contributed by atoms with Gasteiger partial charge in [-0.05, 0) is 0 Å². The Morgan fingerprint density at radius 3 is 1.83 bits per heavy atom. The van der Waals surface area contributed by atoms with Crippen molar-refractivity contribution in [1.29, 1.82) is 0 Å². The monoisotopic (exact) mass is 138 g/mol. The van der Waals surface area contributed by atoms with Gasteiger partial charge in [0.15, 0.2) is 0 Å². The van der Waals surface area contributed by atoms with E-state index in [-0.39, 0.29) is 40.6 Å². The zero-order valence-corrected chi connectivity index (χ0v) is 5.93. The first-order valence-corrected chi connectivity index (χ1v) is 1.22. The van der Waals surface area contributed by atoms with Crippen molar-refractivity contribution < 1.29 is 17.1 Å². The predicted molar refractivity (Wildman–Crippen MR) is 25.1 cm³/mol.